The number of anilines is 2. The van der Waals surface area contributed by atoms with Gasteiger partial charge in [-0.1, -0.05) is 18.0 Å². The van der Waals surface area contributed by atoms with Gasteiger partial charge in [0.1, 0.15) is 12.6 Å². The van der Waals surface area contributed by atoms with Crippen molar-refractivity contribution in [2.24, 2.45) is 5.92 Å². The lowest BCUT2D eigenvalue weighted by Crippen LogP contribution is -2.53. The monoisotopic (exact) mass is 596 g/mol. The Morgan fingerprint density at radius 3 is 2.62 bits per heavy atom. The molecule has 1 saturated heterocycles. The Bertz CT molecular complexity index is 1240. The average Bonchev–Trinajstić information content (AvgIpc) is 3.64. The van der Waals surface area contributed by atoms with Crippen LogP contribution in [0.15, 0.2) is 30.3 Å². The van der Waals surface area contributed by atoms with Gasteiger partial charge in [-0.3, -0.25) is 19.3 Å². The SMILES string of the molecule is O=C(NC[C@H](C(=O)Nc1ccc(N2CCOCC2=O)cc1OC(F)F)N(CC1CCC1)C1CC1)c1ccc(Cl)s1. The summed E-state index contributed by atoms with van der Waals surface area (Å²) in [5.74, 6) is -0.857. The van der Waals surface area contributed by atoms with Gasteiger partial charge in [-0.05, 0) is 55.9 Å². The Labute approximate surface area is 239 Å². The van der Waals surface area contributed by atoms with Crippen LogP contribution >= 0.6 is 22.9 Å². The fourth-order valence-corrected chi connectivity index (χ4v) is 5.93. The van der Waals surface area contributed by atoms with Gasteiger partial charge in [-0.2, -0.15) is 8.78 Å². The summed E-state index contributed by atoms with van der Waals surface area (Å²) in [6.45, 7) is -1.89. The molecule has 2 N–H and O–H groups in total. The van der Waals surface area contributed by atoms with Crippen LogP contribution in [0.1, 0.15) is 41.8 Å². The summed E-state index contributed by atoms with van der Waals surface area (Å²) in [6, 6.07) is 7.08. The number of benzene rings is 1. The Kier molecular flexibility index (Phi) is 9.19. The van der Waals surface area contributed by atoms with E-state index in [-0.39, 0.29) is 49.0 Å². The number of carbonyl (C=O) groups excluding carboxylic acids is 3. The highest BCUT2D eigenvalue weighted by atomic mass is 35.5. The third kappa shape index (κ3) is 7.09. The van der Waals surface area contributed by atoms with E-state index in [1.165, 1.54) is 17.0 Å². The number of amides is 3. The van der Waals surface area contributed by atoms with Crippen LogP contribution in [-0.2, 0) is 14.3 Å². The highest BCUT2D eigenvalue weighted by Gasteiger charge is 2.39. The Morgan fingerprint density at radius 2 is 2.00 bits per heavy atom. The molecule has 216 valence electrons. The van der Waals surface area contributed by atoms with Crippen molar-refractivity contribution >= 4 is 52.0 Å². The molecule has 0 bridgehead atoms. The van der Waals surface area contributed by atoms with Gasteiger partial charge in [-0.15, -0.1) is 11.3 Å². The van der Waals surface area contributed by atoms with E-state index >= 15 is 0 Å². The van der Waals surface area contributed by atoms with E-state index in [9.17, 15) is 23.2 Å². The average molecular weight is 597 g/mol. The van der Waals surface area contributed by atoms with Gasteiger partial charge in [0.25, 0.3) is 11.8 Å². The van der Waals surface area contributed by atoms with E-state index in [4.69, 9.17) is 21.1 Å². The quantitative estimate of drug-likeness (QED) is 0.378. The smallest absolute Gasteiger partial charge is 0.387 e. The molecule has 2 saturated carbocycles. The number of hydrogen-bond acceptors (Lipinski definition) is 7. The van der Waals surface area contributed by atoms with Crippen LogP contribution < -0.4 is 20.3 Å². The molecular weight excluding hydrogens is 566 g/mol. The van der Waals surface area contributed by atoms with Crippen LogP contribution in [0, 0.1) is 5.92 Å². The van der Waals surface area contributed by atoms with Crippen LogP contribution in [0.3, 0.4) is 0 Å². The standard InChI is InChI=1S/C27H31ClF2N4O5S/c28-23-9-8-22(40-23)26(37)31-13-20(34(17-4-5-17)14-16-2-1-3-16)25(36)32-19-7-6-18(12-21(19)39-27(29)30)33-10-11-38-15-24(33)35/h6-9,12,16-17,20,27H,1-5,10-11,13-15H2,(H,31,37)(H,32,36)/t20-/m1/s1. The molecule has 2 aromatic rings. The van der Waals surface area contributed by atoms with Crippen molar-refractivity contribution in [2.45, 2.75) is 50.8 Å². The predicted molar refractivity (Wildman–Crippen MR) is 147 cm³/mol. The summed E-state index contributed by atoms with van der Waals surface area (Å²) in [4.78, 5) is 42.8. The third-order valence-electron chi connectivity index (χ3n) is 7.40. The lowest BCUT2D eigenvalue weighted by Gasteiger charge is -2.37. The summed E-state index contributed by atoms with van der Waals surface area (Å²) in [7, 11) is 0. The van der Waals surface area contributed by atoms with E-state index < -0.39 is 18.6 Å². The van der Waals surface area contributed by atoms with Crippen molar-refractivity contribution in [1.29, 1.82) is 0 Å². The molecule has 1 aliphatic heterocycles. The molecule has 3 aliphatic rings. The van der Waals surface area contributed by atoms with Gasteiger partial charge >= 0.3 is 6.61 Å². The van der Waals surface area contributed by atoms with Gasteiger partial charge in [0.05, 0.1) is 21.5 Å². The molecule has 2 aliphatic carbocycles. The number of nitrogens with zero attached hydrogens (tertiary/aromatic N) is 2. The molecule has 40 heavy (non-hydrogen) atoms. The zero-order valence-electron chi connectivity index (χ0n) is 21.7. The van der Waals surface area contributed by atoms with Crippen molar-refractivity contribution in [1.82, 2.24) is 10.2 Å². The maximum atomic E-state index is 13.8. The van der Waals surface area contributed by atoms with Crippen LogP contribution in [0.2, 0.25) is 4.34 Å². The topological polar surface area (TPSA) is 100 Å². The van der Waals surface area contributed by atoms with Crippen LogP contribution in [0.25, 0.3) is 0 Å². The van der Waals surface area contributed by atoms with Crippen LogP contribution in [-0.4, -0.2) is 74.2 Å². The third-order valence-corrected chi connectivity index (χ3v) is 8.63. The molecule has 9 nitrogen and oxygen atoms in total. The predicted octanol–water partition coefficient (Wildman–Crippen LogP) is 4.37. The maximum absolute atomic E-state index is 13.8. The second kappa shape index (κ2) is 12.8. The highest BCUT2D eigenvalue weighted by molar-refractivity contribution is 7.18. The minimum Gasteiger partial charge on any atom is -0.433 e. The molecule has 2 heterocycles. The number of ether oxygens (including phenoxy) is 2. The normalized spacial score (nSPS) is 18.5. The fourth-order valence-electron chi connectivity index (χ4n) is 4.97. The van der Waals surface area contributed by atoms with Gasteiger partial charge in [-0.25, -0.2) is 0 Å². The Balaban J connectivity index is 1.37. The number of morpholine rings is 1. The molecule has 3 fully saturated rings. The molecule has 0 radical (unpaired) electrons. The number of halogens is 3. The first kappa shape index (κ1) is 28.7. The van der Waals surface area contributed by atoms with Gasteiger partial charge in [0.2, 0.25) is 5.91 Å². The zero-order valence-corrected chi connectivity index (χ0v) is 23.3. The summed E-state index contributed by atoms with van der Waals surface area (Å²) in [5, 5.41) is 5.62. The molecule has 0 spiro atoms. The van der Waals surface area contributed by atoms with E-state index in [0.717, 1.165) is 50.0 Å². The fraction of sp³-hybridized carbons (Fsp3) is 0.519. The van der Waals surface area contributed by atoms with Crippen molar-refractivity contribution < 1.29 is 32.6 Å². The zero-order chi connectivity index (χ0) is 28.2. The van der Waals surface area contributed by atoms with Crippen LogP contribution in [0.5, 0.6) is 5.75 Å². The minimum atomic E-state index is -3.14. The first-order valence-corrected chi connectivity index (χ1v) is 14.5. The van der Waals surface area contributed by atoms with Crippen molar-refractivity contribution in [3.63, 3.8) is 0 Å². The lowest BCUT2D eigenvalue weighted by atomic mass is 9.84. The number of carbonyl (C=O) groups is 3. The second-order valence-corrected chi connectivity index (χ2v) is 11.9. The van der Waals surface area contributed by atoms with Gasteiger partial charge in [0, 0.05) is 37.4 Å². The second-order valence-electron chi connectivity index (χ2n) is 10.2. The molecule has 5 rings (SSSR count). The maximum Gasteiger partial charge on any atom is 0.387 e. The largest absolute Gasteiger partial charge is 0.433 e. The first-order chi connectivity index (χ1) is 19.3. The lowest BCUT2D eigenvalue weighted by molar-refractivity contribution is -0.125. The number of hydrogen-bond donors (Lipinski definition) is 2. The van der Waals surface area contributed by atoms with Crippen molar-refractivity contribution in [3.8, 4) is 5.75 Å². The molecule has 13 heteroatoms. The summed E-state index contributed by atoms with van der Waals surface area (Å²) in [6.07, 6.45) is 5.24. The van der Waals surface area contributed by atoms with Crippen LogP contribution in [0.4, 0.5) is 20.2 Å². The van der Waals surface area contributed by atoms with E-state index in [1.807, 2.05) is 0 Å². The highest BCUT2D eigenvalue weighted by Crippen LogP contribution is 2.36. The van der Waals surface area contributed by atoms with Gasteiger partial charge in [0.15, 0.2) is 5.75 Å². The summed E-state index contributed by atoms with van der Waals surface area (Å²) < 4.78 is 37.1. The minimum absolute atomic E-state index is 0.0365. The molecule has 3 amide bonds. The van der Waals surface area contributed by atoms with E-state index in [0.29, 0.717) is 27.4 Å². The number of alkyl halides is 2. The Hall–Kier alpha value is -2.80. The van der Waals surface area contributed by atoms with E-state index in [2.05, 4.69) is 15.5 Å². The first-order valence-electron chi connectivity index (χ1n) is 13.4. The molecule has 0 unspecified atom stereocenters. The van der Waals surface area contributed by atoms with Crippen molar-refractivity contribution in [2.75, 3.05) is 43.1 Å². The van der Waals surface area contributed by atoms with Gasteiger partial charge < -0.3 is 25.0 Å². The summed E-state index contributed by atoms with van der Waals surface area (Å²) in [5.41, 5.74) is 0.417. The molecule has 1 aromatic carbocycles. The number of rotatable bonds is 12. The summed E-state index contributed by atoms with van der Waals surface area (Å²) >= 11 is 7.13. The van der Waals surface area contributed by atoms with E-state index in [1.54, 1.807) is 18.2 Å². The number of thiophene rings is 1. The Morgan fingerprint density at radius 1 is 1.20 bits per heavy atom. The molecular formula is C27H31ClF2N4O5S. The molecule has 1 atom stereocenters. The number of nitrogens with one attached hydrogen (secondary N) is 2. The van der Waals surface area contributed by atoms with Crippen molar-refractivity contribution in [3.05, 3.63) is 39.5 Å². The molecule has 1 aromatic heterocycles.